The fourth-order valence-corrected chi connectivity index (χ4v) is 3.51. The lowest BCUT2D eigenvalue weighted by Gasteiger charge is -2.33. The Labute approximate surface area is 155 Å². The number of benzene rings is 1. The lowest BCUT2D eigenvalue weighted by Crippen LogP contribution is -2.36. The molecule has 1 aliphatic rings. The lowest BCUT2D eigenvalue weighted by molar-refractivity contribution is 0.221. The Balaban J connectivity index is 1.69. The van der Waals surface area contributed by atoms with Crippen LogP contribution in [0.5, 0.6) is 5.75 Å². The van der Waals surface area contributed by atoms with Gasteiger partial charge in [0.1, 0.15) is 17.9 Å². The second kappa shape index (κ2) is 8.81. The molecule has 0 spiro atoms. The summed E-state index contributed by atoms with van der Waals surface area (Å²) >= 11 is 0. The number of fused-ring (bicyclic) bond motifs is 1. The van der Waals surface area contributed by atoms with Crippen molar-refractivity contribution >= 4 is 16.7 Å². The summed E-state index contributed by atoms with van der Waals surface area (Å²) in [4.78, 5) is 11.2. The Morgan fingerprint density at radius 1 is 1.23 bits per heavy atom. The Bertz CT molecular complexity index is 762. The molecule has 0 amide bonds. The van der Waals surface area contributed by atoms with Crippen LogP contribution < -0.4 is 10.1 Å². The van der Waals surface area contributed by atoms with Gasteiger partial charge < -0.3 is 15.0 Å². The van der Waals surface area contributed by atoms with E-state index >= 15 is 0 Å². The maximum absolute atomic E-state index is 8.61. The third kappa shape index (κ3) is 4.61. The van der Waals surface area contributed by atoms with Crippen LogP contribution in [0, 0.1) is 11.3 Å². The molecule has 1 aromatic heterocycles. The predicted molar refractivity (Wildman–Crippen MR) is 103 cm³/mol. The van der Waals surface area contributed by atoms with E-state index in [2.05, 4.69) is 40.3 Å². The highest BCUT2D eigenvalue weighted by Gasteiger charge is 2.23. The van der Waals surface area contributed by atoms with Crippen molar-refractivity contribution in [3.05, 3.63) is 24.5 Å². The molecule has 0 saturated heterocycles. The molecule has 1 saturated carbocycles. The summed E-state index contributed by atoms with van der Waals surface area (Å²) in [5.41, 5.74) is 0.911. The first-order valence-electron chi connectivity index (χ1n) is 9.35. The SMILES string of the molecule is CN(C)C1CCC(Nc2ncnc3ccc(OCCCC#N)cc23)CC1. The molecule has 0 radical (unpaired) electrons. The highest BCUT2D eigenvalue weighted by atomic mass is 16.5. The van der Waals surface area contributed by atoms with Crippen LogP contribution in [0.1, 0.15) is 38.5 Å². The highest BCUT2D eigenvalue weighted by Crippen LogP contribution is 2.28. The standard InChI is InChI=1S/C20H27N5O/c1-25(2)16-7-5-15(6-8-16)24-20-18-13-17(26-12-4-3-11-21)9-10-19(18)22-14-23-20/h9-10,13-16H,3-8,12H2,1-2H3,(H,22,23,24). The van der Waals surface area contributed by atoms with Crippen molar-refractivity contribution in [2.45, 2.75) is 50.6 Å². The van der Waals surface area contributed by atoms with E-state index in [0.717, 1.165) is 41.7 Å². The number of rotatable bonds is 7. The van der Waals surface area contributed by atoms with E-state index in [4.69, 9.17) is 10.00 Å². The maximum Gasteiger partial charge on any atom is 0.137 e. The third-order valence-electron chi connectivity index (χ3n) is 5.08. The Hall–Kier alpha value is -2.39. The molecule has 3 rings (SSSR count). The summed E-state index contributed by atoms with van der Waals surface area (Å²) in [6, 6.07) is 9.15. The van der Waals surface area contributed by atoms with Crippen LogP contribution >= 0.6 is 0 Å². The number of nitriles is 1. The second-order valence-electron chi connectivity index (χ2n) is 7.12. The van der Waals surface area contributed by atoms with Crippen LogP contribution in [0.3, 0.4) is 0 Å². The molecule has 26 heavy (non-hydrogen) atoms. The first-order chi connectivity index (χ1) is 12.7. The number of unbranched alkanes of at least 4 members (excludes halogenated alkanes) is 1. The highest BCUT2D eigenvalue weighted by molar-refractivity contribution is 5.90. The number of nitrogens with one attached hydrogen (secondary N) is 1. The maximum atomic E-state index is 8.61. The van der Waals surface area contributed by atoms with Gasteiger partial charge in [-0.1, -0.05) is 0 Å². The van der Waals surface area contributed by atoms with Crippen molar-refractivity contribution in [1.29, 1.82) is 5.26 Å². The van der Waals surface area contributed by atoms with E-state index in [1.165, 1.54) is 12.8 Å². The van der Waals surface area contributed by atoms with Crippen molar-refractivity contribution < 1.29 is 4.74 Å². The summed E-state index contributed by atoms with van der Waals surface area (Å²) in [7, 11) is 4.32. The number of ether oxygens (including phenoxy) is 1. The van der Waals surface area contributed by atoms with Gasteiger partial charge in [0.15, 0.2) is 0 Å². The summed E-state index contributed by atoms with van der Waals surface area (Å²) in [6.07, 6.45) is 7.59. The fourth-order valence-electron chi connectivity index (χ4n) is 3.51. The van der Waals surface area contributed by atoms with E-state index in [-0.39, 0.29) is 0 Å². The van der Waals surface area contributed by atoms with E-state index in [1.807, 2.05) is 18.2 Å². The van der Waals surface area contributed by atoms with Crippen molar-refractivity contribution in [3.63, 3.8) is 0 Å². The molecule has 0 atom stereocenters. The molecular formula is C20H27N5O. The van der Waals surface area contributed by atoms with E-state index in [1.54, 1.807) is 6.33 Å². The number of aromatic nitrogens is 2. The molecule has 1 N–H and O–H groups in total. The molecule has 0 unspecified atom stereocenters. The van der Waals surface area contributed by atoms with Gasteiger partial charge in [0.05, 0.1) is 18.2 Å². The topological polar surface area (TPSA) is 74.1 Å². The molecule has 138 valence electrons. The van der Waals surface area contributed by atoms with E-state index < -0.39 is 0 Å². The van der Waals surface area contributed by atoms with Gasteiger partial charge >= 0.3 is 0 Å². The Kier molecular flexibility index (Phi) is 6.24. The second-order valence-corrected chi connectivity index (χ2v) is 7.12. The van der Waals surface area contributed by atoms with Gasteiger partial charge in [-0.3, -0.25) is 0 Å². The van der Waals surface area contributed by atoms with Crippen molar-refractivity contribution in [2.24, 2.45) is 0 Å². The number of hydrogen-bond acceptors (Lipinski definition) is 6. The zero-order chi connectivity index (χ0) is 18.4. The van der Waals surface area contributed by atoms with Crippen LogP contribution in [-0.4, -0.2) is 47.7 Å². The van der Waals surface area contributed by atoms with Crippen LogP contribution in [0.4, 0.5) is 5.82 Å². The van der Waals surface area contributed by atoms with Gasteiger partial charge in [-0.15, -0.1) is 0 Å². The zero-order valence-electron chi connectivity index (χ0n) is 15.6. The monoisotopic (exact) mass is 353 g/mol. The number of nitrogens with zero attached hydrogens (tertiary/aromatic N) is 4. The molecule has 1 aliphatic carbocycles. The largest absolute Gasteiger partial charge is 0.494 e. The Morgan fingerprint density at radius 3 is 2.77 bits per heavy atom. The average molecular weight is 353 g/mol. The first-order valence-corrected chi connectivity index (χ1v) is 9.35. The lowest BCUT2D eigenvalue weighted by atomic mass is 9.90. The van der Waals surface area contributed by atoms with Gasteiger partial charge in [-0.25, -0.2) is 9.97 Å². The van der Waals surface area contributed by atoms with Gasteiger partial charge in [-0.05, 0) is 64.4 Å². The molecule has 0 aliphatic heterocycles. The zero-order valence-corrected chi connectivity index (χ0v) is 15.6. The molecular weight excluding hydrogens is 326 g/mol. The molecule has 0 bridgehead atoms. The van der Waals surface area contributed by atoms with Crippen molar-refractivity contribution in [2.75, 3.05) is 26.0 Å². The first kappa shape index (κ1) is 18.4. The molecule has 2 aromatic rings. The van der Waals surface area contributed by atoms with E-state index in [9.17, 15) is 0 Å². The number of anilines is 1. The van der Waals surface area contributed by atoms with E-state index in [0.29, 0.717) is 25.1 Å². The summed E-state index contributed by atoms with van der Waals surface area (Å²) in [6.45, 7) is 0.546. The minimum Gasteiger partial charge on any atom is -0.494 e. The van der Waals surface area contributed by atoms with Gasteiger partial charge in [0, 0.05) is 23.9 Å². The minimum absolute atomic E-state index is 0.449. The minimum atomic E-state index is 0.449. The normalized spacial score (nSPS) is 20.1. The summed E-state index contributed by atoms with van der Waals surface area (Å²) < 4.78 is 5.76. The Morgan fingerprint density at radius 2 is 2.04 bits per heavy atom. The van der Waals surface area contributed by atoms with Crippen LogP contribution in [0.2, 0.25) is 0 Å². The van der Waals surface area contributed by atoms with Crippen LogP contribution in [-0.2, 0) is 0 Å². The van der Waals surface area contributed by atoms with Crippen molar-refractivity contribution in [1.82, 2.24) is 14.9 Å². The molecule has 6 nitrogen and oxygen atoms in total. The molecule has 6 heteroatoms. The van der Waals surface area contributed by atoms with Gasteiger partial charge in [0.2, 0.25) is 0 Å². The van der Waals surface area contributed by atoms with Gasteiger partial charge in [-0.2, -0.15) is 5.26 Å². The third-order valence-corrected chi connectivity index (χ3v) is 5.08. The molecule has 1 aromatic carbocycles. The average Bonchev–Trinajstić information content (AvgIpc) is 2.66. The van der Waals surface area contributed by atoms with Gasteiger partial charge in [0.25, 0.3) is 0 Å². The van der Waals surface area contributed by atoms with Crippen LogP contribution in [0.15, 0.2) is 24.5 Å². The quantitative estimate of drug-likeness (QED) is 0.767. The van der Waals surface area contributed by atoms with Crippen molar-refractivity contribution in [3.8, 4) is 11.8 Å². The predicted octanol–water partition coefficient (Wildman–Crippen LogP) is 3.60. The summed E-state index contributed by atoms with van der Waals surface area (Å²) in [5.74, 6) is 1.68. The smallest absolute Gasteiger partial charge is 0.137 e. The molecule has 1 heterocycles. The molecule has 1 fully saturated rings. The fraction of sp³-hybridized carbons (Fsp3) is 0.550. The summed E-state index contributed by atoms with van der Waals surface area (Å²) in [5, 5.41) is 13.2. The number of hydrogen-bond donors (Lipinski definition) is 1. The van der Waals surface area contributed by atoms with Crippen LogP contribution in [0.25, 0.3) is 10.9 Å².